The van der Waals surface area contributed by atoms with Gasteiger partial charge in [-0.1, -0.05) is 13.8 Å². The van der Waals surface area contributed by atoms with Crippen molar-refractivity contribution in [3.8, 4) is 0 Å². The number of hydrogen-bond donors (Lipinski definition) is 1. The molecule has 0 bridgehead atoms. The standard InChI is InChI=1S/C13H13F3O3/c1-6(2)11(17)8-5-10(13(14,15)16)7(3)4-9(8)12(18)19/h4-6H,1-3H3,(H,18,19). The van der Waals surface area contributed by atoms with Crippen LogP contribution in [0.5, 0.6) is 0 Å². The molecule has 3 nitrogen and oxygen atoms in total. The molecule has 0 aromatic heterocycles. The van der Waals surface area contributed by atoms with Crippen molar-refractivity contribution in [2.24, 2.45) is 5.92 Å². The first-order chi connectivity index (χ1) is 8.55. The van der Waals surface area contributed by atoms with Crippen LogP contribution < -0.4 is 0 Å². The number of hydrogen-bond acceptors (Lipinski definition) is 2. The van der Waals surface area contributed by atoms with Crippen molar-refractivity contribution in [1.82, 2.24) is 0 Å². The Morgan fingerprint density at radius 2 is 1.68 bits per heavy atom. The zero-order chi connectivity index (χ0) is 15.0. The van der Waals surface area contributed by atoms with Gasteiger partial charge in [-0.3, -0.25) is 4.79 Å². The third-order valence-electron chi connectivity index (χ3n) is 2.69. The topological polar surface area (TPSA) is 54.4 Å². The molecule has 0 aliphatic heterocycles. The molecular weight excluding hydrogens is 261 g/mol. The predicted octanol–water partition coefficient (Wildman–Crippen LogP) is 3.55. The Balaban J connectivity index is 3.58. The SMILES string of the molecule is Cc1cc(C(=O)O)c(C(=O)C(C)C)cc1C(F)(F)F. The summed E-state index contributed by atoms with van der Waals surface area (Å²) in [5, 5.41) is 8.98. The molecule has 0 aliphatic carbocycles. The van der Waals surface area contributed by atoms with Crippen molar-refractivity contribution in [3.05, 3.63) is 34.4 Å². The molecule has 0 saturated heterocycles. The minimum Gasteiger partial charge on any atom is -0.478 e. The zero-order valence-corrected chi connectivity index (χ0v) is 10.6. The van der Waals surface area contributed by atoms with Crippen LogP contribution in [0.4, 0.5) is 13.2 Å². The monoisotopic (exact) mass is 274 g/mol. The molecule has 0 saturated carbocycles. The lowest BCUT2D eigenvalue weighted by Crippen LogP contribution is -2.17. The first-order valence-electron chi connectivity index (χ1n) is 5.55. The van der Waals surface area contributed by atoms with E-state index in [0.717, 1.165) is 6.07 Å². The molecule has 19 heavy (non-hydrogen) atoms. The molecule has 0 amide bonds. The second-order valence-corrected chi connectivity index (χ2v) is 4.53. The average Bonchev–Trinajstić information content (AvgIpc) is 2.25. The number of aryl methyl sites for hydroxylation is 1. The van der Waals surface area contributed by atoms with Gasteiger partial charge >= 0.3 is 12.1 Å². The highest BCUT2D eigenvalue weighted by Gasteiger charge is 2.34. The third kappa shape index (κ3) is 3.13. The quantitative estimate of drug-likeness (QED) is 0.857. The Morgan fingerprint density at radius 1 is 1.16 bits per heavy atom. The Bertz CT molecular complexity index is 531. The van der Waals surface area contributed by atoms with Crippen LogP contribution in [0, 0.1) is 12.8 Å². The number of halogens is 3. The summed E-state index contributed by atoms with van der Waals surface area (Å²) in [4.78, 5) is 22.9. The van der Waals surface area contributed by atoms with E-state index < -0.39 is 40.5 Å². The molecule has 0 heterocycles. The summed E-state index contributed by atoms with van der Waals surface area (Å²) in [6.45, 7) is 4.17. The minimum absolute atomic E-state index is 0.217. The van der Waals surface area contributed by atoms with Gasteiger partial charge in [0.1, 0.15) is 0 Å². The molecule has 0 aliphatic rings. The summed E-state index contributed by atoms with van der Waals surface area (Å²) in [5.74, 6) is -2.62. The Kier molecular flexibility index (Phi) is 4.03. The molecule has 1 N–H and O–H groups in total. The summed E-state index contributed by atoms with van der Waals surface area (Å²) in [6.07, 6.45) is -4.62. The molecule has 1 aromatic rings. The lowest BCUT2D eigenvalue weighted by molar-refractivity contribution is -0.138. The van der Waals surface area contributed by atoms with Gasteiger partial charge in [0.2, 0.25) is 0 Å². The van der Waals surface area contributed by atoms with Crippen molar-refractivity contribution >= 4 is 11.8 Å². The molecule has 0 spiro atoms. The number of Topliss-reactive ketones (excluding diaryl/α,β-unsaturated/α-hetero) is 1. The summed E-state index contributed by atoms with van der Waals surface area (Å²) in [6, 6.07) is 1.52. The second kappa shape index (κ2) is 5.03. The van der Waals surface area contributed by atoms with Gasteiger partial charge in [-0.25, -0.2) is 4.79 Å². The molecule has 0 unspecified atom stereocenters. The van der Waals surface area contributed by atoms with Crippen LogP contribution in [0.2, 0.25) is 0 Å². The maximum absolute atomic E-state index is 12.8. The lowest BCUT2D eigenvalue weighted by Gasteiger charge is -2.15. The van der Waals surface area contributed by atoms with Crippen molar-refractivity contribution < 1.29 is 27.9 Å². The van der Waals surface area contributed by atoms with Crippen LogP contribution in [-0.2, 0) is 6.18 Å². The first-order valence-corrected chi connectivity index (χ1v) is 5.55. The number of ketones is 1. The maximum atomic E-state index is 12.8. The van der Waals surface area contributed by atoms with Crippen LogP contribution in [-0.4, -0.2) is 16.9 Å². The Labute approximate surface area is 108 Å². The van der Waals surface area contributed by atoms with Crippen molar-refractivity contribution in [2.75, 3.05) is 0 Å². The van der Waals surface area contributed by atoms with E-state index in [1.165, 1.54) is 20.8 Å². The van der Waals surface area contributed by atoms with Gasteiger partial charge < -0.3 is 5.11 Å². The molecule has 104 valence electrons. The highest BCUT2D eigenvalue weighted by atomic mass is 19.4. The average molecular weight is 274 g/mol. The molecule has 1 rings (SSSR count). The number of aromatic carboxylic acids is 1. The van der Waals surface area contributed by atoms with Gasteiger partial charge in [0.05, 0.1) is 11.1 Å². The fraction of sp³-hybridized carbons (Fsp3) is 0.385. The third-order valence-corrected chi connectivity index (χ3v) is 2.69. The summed E-state index contributed by atoms with van der Waals surface area (Å²) >= 11 is 0. The number of alkyl halides is 3. The maximum Gasteiger partial charge on any atom is 0.416 e. The summed E-state index contributed by atoms with van der Waals surface area (Å²) in [7, 11) is 0. The van der Waals surface area contributed by atoms with Crippen LogP contribution in [0.25, 0.3) is 0 Å². The largest absolute Gasteiger partial charge is 0.478 e. The smallest absolute Gasteiger partial charge is 0.416 e. The lowest BCUT2D eigenvalue weighted by atomic mass is 9.92. The fourth-order valence-electron chi connectivity index (χ4n) is 1.71. The van der Waals surface area contributed by atoms with Crippen molar-refractivity contribution in [2.45, 2.75) is 26.9 Å². The van der Waals surface area contributed by atoms with Gasteiger partial charge in [-0.15, -0.1) is 0 Å². The fourth-order valence-corrected chi connectivity index (χ4v) is 1.71. The Morgan fingerprint density at radius 3 is 2.05 bits per heavy atom. The highest BCUT2D eigenvalue weighted by molar-refractivity contribution is 6.06. The van der Waals surface area contributed by atoms with E-state index >= 15 is 0 Å². The van der Waals surface area contributed by atoms with Gasteiger partial charge in [0.25, 0.3) is 0 Å². The second-order valence-electron chi connectivity index (χ2n) is 4.53. The normalized spacial score (nSPS) is 11.7. The first kappa shape index (κ1) is 15.2. The zero-order valence-electron chi connectivity index (χ0n) is 10.6. The number of rotatable bonds is 3. The van der Waals surface area contributed by atoms with E-state index in [-0.39, 0.29) is 5.56 Å². The predicted molar refractivity (Wildman–Crippen MR) is 62.3 cm³/mol. The number of carbonyl (C=O) groups is 2. The van der Waals surface area contributed by atoms with E-state index in [9.17, 15) is 22.8 Å². The molecule has 0 fully saturated rings. The highest BCUT2D eigenvalue weighted by Crippen LogP contribution is 2.34. The van der Waals surface area contributed by atoms with Crippen molar-refractivity contribution in [1.29, 1.82) is 0 Å². The minimum atomic E-state index is -4.62. The van der Waals surface area contributed by atoms with Gasteiger partial charge in [0, 0.05) is 11.5 Å². The Hall–Kier alpha value is -1.85. The van der Waals surface area contributed by atoms with E-state index in [1.54, 1.807) is 0 Å². The van der Waals surface area contributed by atoms with E-state index in [2.05, 4.69) is 0 Å². The number of carboxylic acids is 1. The molecule has 6 heteroatoms. The van der Waals surface area contributed by atoms with Crippen LogP contribution in [0.15, 0.2) is 12.1 Å². The van der Waals surface area contributed by atoms with Gasteiger partial charge in [-0.05, 0) is 24.6 Å². The van der Waals surface area contributed by atoms with E-state index in [4.69, 9.17) is 5.11 Å². The molecule has 1 aromatic carbocycles. The summed E-state index contributed by atoms with van der Waals surface area (Å²) < 4.78 is 38.3. The number of benzene rings is 1. The number of carboxylic acid groups (broad SMARTS) is 1. The van der Waals surface area contributed by atoms with Crippen LogP contribution >= 0.6 is 0 Å². The van der Waals surface area contributed by atoms with E-state index in [1.807, 2.05) is 0 Å². The van der Waals surface area contributed by atoms with Crippen LogP contribution in [0.1, 0.15) is 45.7 Å². The molecule has 0 atom stereocenters. The molecular formula is C13H13F3O3. The van der Waals surface area contributed by atoms with Gasteiger partial charge in [0.15, 0.2) is 5.78 Å². The van der Waals surface area contributed by atoms with E-state index in [0.29, 0.717) is 6.07 Å². The number of carbonyl (C=O) groups excluding carboxylic acids is 1. The molecule has 0 radical (unpaired) electrons. The van der Waals surface area contributed by atoms with Crippen LogP contribution in [0.3, 0.4) is 0 Å². The van der Waals surface area contributed by atoms with Crippen molar-refractivity contribution in [3.63, 3.8) is 0 Å². The van der Waals surface area contributed by atoms with Gasteiger partial charge in [-0.2, -0.15) is 13.2 Å². The summed E-state index contributed by atoms with van der Waals surface area (Å²) in [5.41, 5.74) is -2.00.